The third-order valence-electron chi connectivity index (χ3n) is 3.11. The van der Waals surface area contributed by atoms with E-state index in [9.17, 15) is 0 Å². The normalized spacial score (nSPS) is 15.1. The molecule has 1 aliphatic carbocycles. The highest BCUT2D eigenvalue weighted by atomic mass is 15.3. The number of nitrogens with zero attached hydrogens (tertiary/aromatic N) is 3. The molecular weight excluding hydrogens is 212 g/mol. The van der Waals surface area contributed by atoms with Gasteiger partial charge in [-0.05, 0) is 30.9 Å². The summed E-state index contributed by atoms with van der Waals surface area (Å²) in [5, 5.41) is 4.61. The Bertz CT molecular complexity index is 499. The average Bonchev–Trinajstić information content (AvgIpc) is 3.08. The summed E-state index contributed by atoms with van der Waals surface area (Å²) in [6.45, 7) is 1.52. The van der Waals surface area contributed by atoms with E-state index in [0.29, 0.717) is 6.54 Å². The lowest BCUT2D eigenvalue weighted by atomic mass is 10.2. The van der Waals surface area contributed by atoms with Crippen molar-refractivity contribution in [1.82, 2.24) is 14.8 Å². The first-order valence-electron chi connectivity index (χ1n) is 6.04. The molecule has 0 spiro atoms. The van der Waals surface area contributed by atoms with E-state index in [1.54, 1.807) is 6.20 Å². The molecule has 0 aromatic carbocycles. The molecule has 0 aliphatic heterocycles. The monoisotopic (exact) mass is 228 g/mol. The van der Waals surface area contributed by atoms with Crippen LogP contribution >= 0.6 is 0 Å². The van der Waals surface area contributed by atoms with Crippen LogP contribution in [-0.4, -0.2) is 14.8 Å². The van der Waals surface area contributed by atoms with E-state index in [-0.39, 0.29) is 0 Å². The molecule has 4 nitrogen and oxygen atoms in total. The minimum atomic E-state index is 0.510. The molecule has 0 amide bonds. The highest BCUT2D eigenvalue weighted by Gasteiger charge is 2.23. The molecule has 1 saturated carbocycles. The van der Waals surface area contributed by atoms with Crippen LogP contribution in [0.15, 0.2) is 30.6 Å². The predicted octanol–water partition coefficient (Wildman–Crippen LogP) is 1.81. The lowest BCUT2D eigenvalue weighted by Crippen LogP contribution is -2.00. The summed E-state index contributed by atoms with van der Waals surface area (Å²) in [4.78, 5) is 4.33. The van der Waals surface area contributed by atoms with E-state index in [1.165, 1.54) is 12.8 Å². The Balaban J connectivity index is 1.94. The quantitative estimate of drug-likeness (QED) is 0.868. The zero-order valence-corrected chi connectivity index (χ0v) is 9.71. The Hall–Kier alpha value is -1.68. The topological polar surface area (TPSA) is 56.7 Å². The number of aromatic nitrogens is 3. The predicted molar refractivity (Wildman–Crippen MR) is 66.1 cm³/mol. The van der Waals surface area contributed by atoms with Crippen LogP contribution in [0.2, 0.25) is 0 Å². The fourth-order valence-corrected chi connectivity index (χ4v) is 1.99. The Morgan fingerprint density at radius 2 is 2.24 bits per heavy atom. The molecule has 2 heterocycles. The smallest absolute Gasteiger partial charge is 0.115 e. The molecule has 4 heteroatoms. The van der Waals surface area contributed by atoms with E-state index < -0.39 is 0 Å². The zero-order valence-electron chi connectivity index (χ0n) is 9.71. The van der Waals surface area contributed by atoms with Crippen molar-refractivity contribution in [3.05, 3.63) is 36.2 Å². The summed E-state index contributed by atoms with van der Waals surface area (Å²) in [5.41, 5.74) is 8.67. The minimum absolute atomic E-state index is 0.510. The molecule has 3 rings (SSSR count). The van der Waals surface area contributed by atoms with Gasteiger partial charge in [0.25, 0.3) is 0 Å². The van der Waals surface area contributed by atoms with Gasteiger partial charge in [0.1, 0.15) is 5.69 Å². The van der Waals surface area contributed by atoms with Crippen LogP contribution in [0.25, 0.3) is 11.4 Å². The van der Waals surface area contributed by atoms with E-state index in [0.717, 1.165) is 29.4 Å². The van der Waals surface area contributed by atoms with Gasteiger partial charge in [0.15, 0.2) is 0 Å². The van der Waals surface area contributed by atoms with Crippen molar-refractivity contribution in [2.45, 2.75) is 25.9 Å². The fraction of sp³-hybridized carbons (Fsp3) is 0.385. The largest absolute Gasteiger partial charge is 0.326 e. The molecule has 0 saturated heterocycles. The van der Waals surface area contributed by atoms with Gasteiger partial charge in [0, 0.05) is 31.0 Å². The zero-order chi connectivity index (χ0) is 11.7. The van der Waals surface area contributed by atoms with E-state index in [2.05, 4.69) is 16.3 Å². The molecule has 0 unspecified atom stereocenters. The number of rotatable bonds is 4. The number of nitrogens with two attached hydrogens (primary N) is 1. The molecule has 0 bridgehead atoms. The van der Waals surface area contributed by atoms with Gasteiger partial charge in [-0.2, -0.15) is 5.10 Å². The molecule has 1 aliphatic rings. The van der Waals surface area contributed by atoms with Gasteiger partial charge >= 0.3 is 0 Å². The van der Waals surface area contributed by atoms with Crippen LogP contribution in [0.3, 0.4) is 0 Å². The molecular formula is C13H16N4. The summed E-state index contributed by atoms with van der Waals surface area (Å²) >= 11 is 0. The molecule has 2 aromatic rings. The summed E-state index contributed by atoms with van der Waals surface area (Å²) in [5.74, 6) is 0.817. The maximum absolute atomic E-state index is 5.77. The first-order chi connectivity index (χ1) is 8.36. The third kappa shape index (κ3) is 2.22. The highest BCUT2D eigenvalue weighted by molar-refractivity contribution is 5.57. The lowest BCUT2D eigenvalue weighted by molar-refractivity contribution is 0.564. The van der Waals surface area contributed by atoms with Gasteiger partial charge in [-0.25, -0.2) is 0 Å². The maximum atomic E-state index is 5.77. The molecule has 88 valence electrons. The molecule has 2 aromatic heterocycles. The minimum Gasteiger partial charge on any atom is -0.326 e. The van der Waals surface area contributed by atoms with E-state index in [4.69, 9.17) is 5.73 Å². The molecule has 2 N–H and O–H groups in total. The van der Waals surface area contributed by atoms with Gasteiger partial charge in [0.05, 0.1) is 5.69 Å². The Morgan fingerprint density at radius 1 is 1.35 bits per heavy atom. The fourth-order valence-electron chi connectivity index (χ4n) is 1.99. The first kappa shape index (κ1) is 10.5. The van der Waals surface area contributed by atoms with Gasteiger partial charge in [0.2, 0.25) is 0 Å². The van der Waals surface area contributed by atoms with Crippen LogP contribution in [-0.2, 0) is 13.1 Å². The number of pyridine rings is 1. The van der Waals surface area contributed by atoms with Crippen molar-refractivity contribution in [3.63, 3.8) is 0 Å². The van der Waals surface area contributed by atoms with Crippen molar-refractivity contribution in [1.29, 1.82) is 0 Å². The second-order valence-corrected chi connectivity index (χ2v) is 4.59. The van der Waals surface area contributed by atoms with Crippen LogP contribution in [0.1, 0.15) is 18.4 Å². The average molecular weight is 228 g/mol. The molecule has 17 heavy (non-hydrogen) atoms. The summed E-state index contributed by atoms with van der Waals surface area (Å²) < 4.78 is 2.02. The Labute approximate surface area is 100 Å². The molecule has 1 fully saturated rings. The number of hydrogen-bond donors (Lipinski definition) is 1. The second kappa shape index (κ2) is 4.30. The third-order valence-corrected chi connectivity index (χ3v) is 3.11. The molecule has 0 radical (unpaired) electrons. The summed E-state index contributed by atoms with van der Waals surface area (Å²) in [6.07, 6.45) is 6.51. The van der Waals surface area contributed by atoms with E-state index >= 15 is 0 Å². The van der Waals surface area contributed by atoms with Crippen LogP contribution < -0.4 is 5.73 Å². The standard InChI is InChI=1S/C13H16N4/c14-7-11-9-17(8-10-4-5-10)16-13(11)12-3-1-2-6-15-12/h1-3,6,9-10H,4-5,7-8,14H2. The SMILES string of the molecule is NCc1cn(CC2CC2)nc1-c1ccccn1. The summed E-state index contributed by atoms with van der Waals surface area (Å²) in [7, 11) is 0. The van der Waals surface area contributed by atoms with Crippen molar-refractivity contribution in [2.75, 3.05) is 0 Å². The van der Waals surface area contributed by atoms with Crippen molar-refractivity contribution < 1.29 is 0 Å². The van der Waals surface area contributed by atoms with Gasteiger partial charge < -0.3 is 5.73 Å². The van der Waals surface area contributed by atoms with Gasteiger partial charge in [-0.3, -0.25) is 9.67 Å². The Morgan fingerprint density at radius 3 is 2.88 bits per heavy atom. The van der Waals surface area contributed by atoms with Gasteiger partial charge in [-0.1, -0.05) is 6.07 Å². The Kier molecular flexibility index (Phi) is 2.65. The van der Waals surface area contributed by atoms with Gasteiger partial charge in [-0.15, -0.1) is 0 Å². The van der Waals surface area contributed by atoms with Crippen molar-refractivity contribution in [2.24, 2.45) is 11.7 Å². The van der Waals surface area contributed by atoms with Crippen molar-refractivity contribution in [3.8, 4) is 11.4 Å². The molecule has 0 atom stereocenters. The van der Waals surface area contributed by atoms with Crippen LogP contribution in [0.5, 0.6) is 0 Å². The van der Waals surface area contributed by atoms with Crippen LogP contribution in [0, 0.1) is 5.92 Å². The van der Waals surface area contributed by atoms with E-state index in [1.807, 2.05) is 22.9 Å². The summed E-state index contributed by atoms with van der Waals surface area (Å²) in [6, 6.07) is 5.86. The van der Waals surface area contributed by atoms with Crippen LogP contribution in [0.4, 0.5) is 0 Å². The lowest BCUT2D eigenvalue weighted by Gasteiger charge is -1.98. The number of hydrogen-bond acceptors (Lipinski definition) is 3. The second-order valence-electron chi connectivity index (χ2n) is 4.59. The first-order valence-corrected chi connectivity index (χ1v) is 6.04. The highest BCUT2D eigenvalue weighted by Crippen LogP contribution is 2.31. The maximum Gasteiger partial charge on any atom is 0.115 e. The van der Waals surface area contributed by atoms with Crippen molar-refractivity contribution >= 4 is 0 Å².